The van der Waals surface area contributed by atoms with E-state index < -0.39 is 44.3 Å². The van der Waals surface area contributed by atoms with Gasteiger partial charge in [0.1, 0.15) is 18.3 Å². The van der Waals surface area contributed by atoms with Crippen molar-refractivity contribution in [1.29, 1.82) is 0 Å². The van der Waals surface area contributed by atoms with E-state index in [1.807, 2.05) is 37.3 Å². The van der Waals surface area contributed by atoms with E-state index in [0.717, 1.165) is 5.56 Å². The number of benzene rings is 1. The molecule has 0 bridgehead atoms. The Kier molecular flexibility index (Phi) is 10.4. The van der Waals surface area contributed by atoms with Crippen LogP contribution in [0.25, 0.3) is 0 Å². The molecule has 1 aliphatic rings. The van der Waals surface area contributed by atoms with Gasteiger partial charge >= 0.3 is 5.97 Å². The van der Waals surface area contributed by atoms with Gasteiger partial charge in [-0.15, -0.1) is 6.58 Å². The van der Waals surface area contributed by atoms with E-state index in [-0.39, 0.29) is 23.8 Å². The van der Waals surface area contributed by atoms with Gasteiger partial charge in [-0.05, 0) is 48.2 Å². The van der Waals surface area contributed by atoms with Crippen molar-refractivity contribution in [2.24, 2.45) is 5.92 Å². The van der Waals surface area contributed by atoms with Gasteiger partial charge in [-0.3, -0.25) is 9.59 Å². The summed E-state index contributed by atoms with van der Waals surface area (Å²) in [7, 11) is -2.15. The van der Waals surface area contributed by atoms with Gasteiger partial charge in [0.25, 0.3) is 0 Å². The average molecular weight is 519 g/mol. The SMILES string of the molecule is C=C[C@@H](OCc1ccccc1)[C@H](C[C@@H](C)C1OC(O)(CO[Si](C)(C)C(C)(C)C)C=CC1=O)OC(C)=O. The number of hydrogen-bond acceptors (Lipinski definition) is 7. The highest BCUT2D eigenvalue weighted by Crippen LogP contribution is 2.38. The van der Waals surface area contributed by atoms with Crippen molar-refractivity contribution in [2.45, 2.75) is 89.9 Å². The Bertz CT molecular complexity index is 922. The fourth-order valence-corrected chi connectivity index (χ4v) is 4.65. The molecule has 0 saturated carbocycles. The van der Waals surface area contributed by atoms with Gasteiger partial charge in [0, 0.05) is 6.92 Å². The van der Waals surface area contributed by atoms with E-state index in [4.69, 9.17) is 18.6 Å². The first-order chi connectivity index (χ1) is 16.7. The van der Waals surface area contributed by atoms with Crippen LogP contribution in [-0.4, -0.2) is 55.9 Å². The van der Waals surface area contributed by atoms with Crippen molar-refractivity contribution in [3.63, 3.8) is 0 Å². The maximum Gasteiger partial charge on any atom is 0.303 e. The molecule has 1 aliphatic heterocycles. The fourth-order valence-electron chi connectivity index (χ4n) is 3.65. The monoisotopic (exact) mass is 518 g/mol. The molecule has 8 heteroatoms. The number of hydrogen-bond donors (Lipinski definition) is 1. The second kappa shape index (κ2) is 12.4. The molecular weight excluding hydrogens is 476 g/mol. The number of carbonyl (C=O) groups is 2. The van der Waals surface area contributed by atoms with Crippen LogP contribution in [-0.2, 0) is 34.8 Å². The lowest BCUT2D eigenvalue weighted by atomic mass is 9.90. The number of ketones is 1. The van der Waals surface area contributed by atoms with Crippen LogP contribution >= 0.6 is 0 Å². The third-order valence-corrected chi connectivity index (χ3v) is 11.4. The molecule has 0 aromatic heterocycles. The zero-order valence-corrected chi connectivity index (χ0v) is 23.7. The summed E-state index contributed by atoms with van der Waals surface area (Å²) in [6.45, 7) is 17.8. The molecule has 7 nitrogen and oxygen atoms in total. The van der Waals surface area contributed by atoms with E-state index in [1.54, 1.807) is 6.08 Å². The van der Waals surface area contributed by atoms with Gasteiger partial charge in [0.05, 0.1) is 13.2 Å². The summed E-state index contributed by atoms with van der Waals surface area (Å²) in [6, 6.07) is 9.64. The summed E-state index contributed by atoms with van der Waals surface area (Å²) < 4.78 is 23.6. The third kappa shape index (κ3) is 8.49. The van der Waals surface area contributed by atoms with Crippen LogP contribution < -0.4 is 0 Å². The normalized spacial score (nSPS) is 23.1. The van der Waals surface area contributed by atoms with Crippen LogP contribution in [0.2, 0.25) is 18.1 Å². The summed E-state index contributed by atoms with van der Waals surface area (Å²) in [4.78, 5) is 24.6. The van der Waals surface area contributed by atoms with Crippen LogP contribution in [0.5, 0.6) is 0 Å². The van der Waals surface area contributed by atoms with Crippen molar-refractivity contribution in [3.8, 4) is 0 Å². The molecule has 0 radical (unpaired) electrons. The Labute approximate surface area is 216 Å². The Morgan fingerprint density at radius 2 is 1.92 bits per heavy atom. The van der Waals surface area contributed by atoms with Crippen LogP contribution in [0.3, 0.4) is 0 Å². The Balaban J connectivity index is 2.11. The fraction of sp³-hybridized carbons (Fsp3) is 0.571. The van der Waals surface area contributed by atoms with E-state index in [2.05, 4.69) is 40.4 Å². The van der Waals surface area contributed by atoms with Gasteiger partial charge in [-0.1, -0.05) is 64.1 Å². The van der Waals surface area contributed by atoms with Gasteiger partial charge < -0.3 is 23.7 Å². The van der Waals surface area contributed by atoms with E-state index >= 15 is 0 Å². The molecule has 5 atom stereocenters. The number of aliphatic hydroxyl groups is 1. The largest absolute Gasteiger partial charge is 0.459 e. The lowest BCUT2D eigenvalue weighted by Crippen LogP contribution is -2.51. The molecule has 1 N–H and O–H groups in total. The van der Waals surface area contributed by atoms with Crippen molar-refractivity contribution in [3.05, 3.63) is 60.7 Å². The molecule has 0 fully saturated rings. The van der Waals surface area contributed by atoms with Crippen LogP contribution in [0.15, 0.2) is 55.1 Å². The van der Waals surface area contributed by atoms with Crippen LogP contribution in [0.4, 0.5) is 0 Å². The summed E-state index contributed by atoms with van der Waals surface area (Å²) in [6.07, 6.45) is 2.36. The number of rotatable bonds is 12. The lowest BCUT2D eigenvalue weighted by molar-refractivity contribution is -0.226. The minimum Gasteiger partial charge on any atom is -0.459 e. The van der Waals surface area contributed by atoms with Crippen molar-refractivity contribution < 1.29 is 33.3 Å². The molecule has 2 unspecified atom stereocenters. The highest BCUT2D eigenvalue weighted by Gasteiger charge is 2.44. The molecule has 0 amide bonds. The highest BCUT2D eigenvalue weighted by atomic mass is 28.4. The van der Waals surface area contributed by atoms with Crippen molar-refractivity contribution in [2.75, 3.05) is 6.61 Å². The summed E-state index contributed by atoms with van der Waals surface area (Å²) in [5, 5.41) is 11.1. The maximum absolute atomic E-state index is 12.7. The Morgan fingerprint density at radius 3 is 2.47 bits per heavy atom. The second-order valence-electron chi connectivity index (χ2n) is 11.0. The molecule has 1 aromatic rings. The number of ether oxygens (including phenoxy) is 3. The molecule has 200 valence electrons. The van der Waals surface area contributed by atoms with Crippen LogP contribution in [0.1, 0.15) is 46.6 Å². The first-order valence-electron chi connectivity index (χ1n) is 12.4. The molecular formula is C28H42O7Si. The topological polar surface area (TPSA) is 91.3 Å². The summed E-state index contributed by atoms with van der Waals surface area (Å²) in [5.74, 6) is -2.84. The molecule has 2 rings (SSSR count). The first-order valence-corrected chi connectivity index (χ1v) is 15.3. The maximum atomic E-state index is 12.7. The van der Waals surface area contributed by atoms with Gasteiger partial charge in [0.2, 0.25) is 5.79 Å². The van der Waals surface area contributed by atoms with E-state index in [9.17, 15) is 14.7 Å². The minimum atomic E-state index is -2.15. The predicted molar refractivity (Wildman–Crippen MR) is 142 cm³/mol. The highest BCUT2D eigenvalue weighted by molar-refractivity contribution is 6.74. The minimum absolute atomic E-state index is 0.0407. The van der Waals surface area contributed by atoms with Crippen LogP contribution in [0, 0.1) is 5.92 Å². The van der Waals surface area contributed by atoms with E-state index in [0.29, 0.717) is 6.61 Å². The zero-order chi connectivity index (χ0) is 27.1. The van der Waals surface area contributed by atoms with Crippen molar-refractivity contribution in [1.82, 2.24) is 0 Å². The molecule has 1 heterocycles. The Hall–Kier alpha value is -2.10. The summed E-state index contributed by atoms with van der Waals surface area (Å²) >= 11 is 0. The molecule has 0 spiro atoms. The predicted octanol–water partition coefficient (Wildman–Crippen LogP) is 4.95. The standard InChI is InChI=1S/C28H42O7Si/c1-9-24(32-18-22-13-11-10-12-14-22)25(34-21(3)29)17-20(2)26-23(30)15-16-28(31,35-26)19-33-36(7,8)27(4,5)6/h9-16,20,24-26,31H,1,17-19H2,2-8H3/t20-,24-,25+,26?,28?/m1/s1. The lowest BCUT2D eigenvalue weighted by Gasteiger charge is -2.41. The molecule has 0 aliphatic carbocycles. The quantitative estimate of drug-likeness (QED) is 0.238. The molecule has 0 saturated heterocycles. The van der Waals surface area contributed by atoms with E-state index in [1.165, 1.54) is 19.1 Å². The van der Waals surface area contributed by atoms with Crippen molar-refractivity contribution >= 4 is 20.1 Å². The zero-order valence-electron chi connectivity index (χ0n) is 22.7. The smallest absolute Gasteiger partial charge is 0.303 e. The molecule has 36 heavy (non-hydrogen) atoms. The summed E-state index contributed by atoms with van der Waals surface area (Å²) in [5.41, 5.74) is 0.974. The van der Waals surface area contributed by atoms with Gasteiger partial charge in [-0.2, -0.15) is 0 Å². The Morgan fingerprint density at radius 1 is 1.28 bits per heavy atom. The number of esters is 1. The van der Waals surface area contributed by atoms with Gasteiger partial charge in [-0.25, -0.2) is 0 Å². The molecule has 1 aromatic carbocycles. The van der Waals surface area contributed by atoms with Gasteiger partial charge in [0.15, 0.2) is 14.1 Å². The number of carbonyl (C=O) groups excluding carboxylic acids is 2. The first kappa shape index (κ1) is 30.1. The second-order valence-corrected chi connectivity index (χ2v) is 15.8. The third-order valence-electron chi connectivity index (χ3n) is 6.89. The average Bonchev–Trinajstić information content (AvgIpc) is 2.79.